The third-order valence-electron chi connectivity index (χ3n) is 3.83. The topological polar surface area (TPSA) is 55.5 Å². The Morgan fingerprint density at radius 2 is 2.00 bits per heavy atom. The summed E-state index contributed by atoms with van der Waals surface area (Å²) in [6.45, 7) is 1.97. The predicted octanol–water partition coefficient (Wildman–Crippen LogP) is 4.23. The summed E-state index contributed by atoms with van der Waals surface area (Å²) in [4.78, 5) is 2.05. The van der Waals surface area contributed by atoms with Crippen LogP contribution < -0.4 is 10.5 Å². The van der Waals surface area contributed by atoms with Crippen LogP contribution in [-0.4, -0.2) is 23.9 Å². The fraction of sp³-hybridized carbons (Fsp3) is 0.400. The lowest BCUT2D eigenvalue weighted by Crippen LogP contribution is -2.40. The third-order valence-corrected chi connectivity index (χ3v) is 4.89. The molecular weight excluding hydrogens is 375 g/mol. The highest BCUT2D eigenvalue weighted by atomic mass is 32.1. The largest absolute Gasteiger partial charge is 0.493 e. The van der Waals surface area contributed by atoms with Crippen molar-refractivity contribution < 1.29 is 23.0 Å². The zero-order valence-corrected chi connectivity index (χ0v) is 15.8. The summed E-state index contributed by atoms with van der Waals surface area (Å²) in [6.07, 6.45) is -2.51. The number of rotatable bonds is 7. The van der Waals surface area contributed by atoms with Gasteiger partial charge in [-0.15, -0.1) is 11.3 Å². The average molecular weight is 397 g/mol. The summed E-state index contributed by atoms with van der Waals surface area (Å²) in [5, 5.41) is 9.17. The van der Waals surface area contributed by atoms with Gasteiger partial charge in [-0.05, 0) is 50.1 Å². The molecule has 0 saturated carbocycles. The molecule has 0 spiro atoms. The molecule has 1 aromatic heterocycles. The SMILES string of the molecule is CC(N)(CO)CCc1ccc(C#CCCOc2cccc(C(F)(F)F)c2)s1. The van der Waals surface area contributed by atoms with E-state index in [0.717, 1.165) is 28.3 Å². The fourth-order valence-corrected chi connectivity index (χ4v) is 3.08. The van der Waals surface area contributed by atoms with Crippen LogP contribution in [0.3, 0.4) is 0 Å². The summed E-state index contributed by atoms with van der Waals surface area (Å²) in [7, 11) is 0. The van der Waals surface area contributed by atoms with Gasteiger partial charge in [0.1, 0.15) is 5.75 Å². The van der Waals surface area contributed by atoms with Crippen molar-refractivity contribution in [2.24, 2.45) is 5.73 Å². The van der Waals surface area contributed by atoms with Gasteiger partial charge in [0.25, 0.3) is 0 Å². The van der Waals surface area contributed by atoms with Crippen LogP contribution in [0, 0.1) is 11.8 Å². The molecule has 1 unspecified atom stereocenters. The Morgan fingerprint density at radius 1 is 1.22 bits per heavy atom. The summed E-state index contributed by atoms with van der Waals surface area (Å²) in [5.41, 5.74) is 4.60. The van der Waals surface area contributed by atoms with Crippen molar-refractivity contribution in [1.82, 2.24) is 0 Å². The molecule has 1 atom stereocenters. The van der Waals surface area contributed by atoms with E-state index in [1.165, 1.54) is 12.1 Å². The molecule has 7 heteroatoms. The Balaban J connectivity index is 1.80. The first-order valence-electron chi connectivity index (χ1n) is 8.47. The molecule has 1 aromatic carbocycles. The molecule has 2 aromatic rings. The molecular formula is C20H22F3NO2S. The van der Waals surface area contributed by atoms with E-state index in [2.05, 4.69) is 11.8 Å². The zero-order valence-electron chi connectivity index (χ0n) is 15.0. The number of benzene rings is 1. The maximum absolute atomic E-state index is 12.6. The summed E-state index contributed by atoms with van der Waals surface area (Å²) in [5.74, 6) is 6.17. The summed E-state index contributed by atoms with van der Waals surface area (Å²) >= 11 is 1.57. The van der Waals surface area contributed by atoms with E-state index in [-0.39, 0.29) is 19.0 Å². The molecule has 0 aliphatic carbocycles. The Kier molecular flexibility index (Phi) is 7.31. The lowest BCUT2D eigenvalue weighted by molar-refractivity contribution is -0.137. The first-order chi connectivity index (χ1) is 12.7. The van der Waals surface area contributed by atoms with Crippen molar-refractivity contribution >= 4 is 11.3 Å². The van der Waals surface area contributed by atoms with E-state index in [9.17, 15) is 13.2 Å². The van der Waals surface area contributed by atoms with Crippen molar-refractivity contribution in [2.45, 2.75) is 37.9 Å². The van der Waals surface area contributed by atoms with Gasteiger partial charge in [0, 0.05) is 16.8 Å². The highest BCUT2D eigenvalue weighted by Gasteiger charge is 2.30. The van der Waals surface area contributed by atoms with Crippen LogP contribution in [0.25, 0.3) is 0 Å². The predicted molar refractivity (Wildman–Crippen MR) is 101 cm³/mol. The molecule has 2 rings (SSSR count). The van der Waals surface area contributed by atoms with Crippen LogP contribution in [0.2, 0.25) is 0 Å². The minimum absolute atomic E-state index is 0.0586. The lowest BCUT2D eigenvalue weighted by atomic mass is 9.98. The van der Waals surface area contributed by atoms with Gasteiger partial charge in [0.2, 0.25) is 0 Å². The molecule has 0 radical (unpaired) electrons. The highest BCUT2D eigenvalue weighted by molar-refractivity contribution is 7.12. The molecule has 0 fully saturated rings. The number of aryl methyl sites for hydroxylation is 1. The van der Waals surface area contributed by atoms with Crippen molar-refractivity contribution in [1.29, 1.82) is 0 Å². The Bertz CT molecular complexity index is 803. The number of hydrogen-bond acceptors (Lipinski definition) is 4. The van der Waals surface area contributed by atoms with Gasteiger partial charge in [-0.2, -0.15) is 13.2 Å². The number of nitrogens with two attached hydrogens (primary N) is 1. The number of aliphatic hydroxyl groups excluding tert-OH is 1. The number of alkyl halides is 3. The second-order valence-electron chi connectivity index (χ2n) is 6.50. The van der Waals surface area contributed by atoms with Crippen LogP contribution >= 0.6 is 11.3 Å². The quantitative estimate of drug-likeness (QED) is 0.543. The number of thiophene rings is 1. The van der Waals surface area contributed by atoms with Gasteiger partial charge in [0.05, 0.1) is 23.7 Å². The van der Waals surface area contributed by atoms with E-state index in [4.69, 9.17) is 15.6 Å². The van der Waals surface area contributed by atoms with Crippen LogP contribution in [0.15, 0.2) is 36.4 Å². The highest BCUT2D eigenvalue weighted by Crippen LogP contribution is 2.31. The molecule has 146 valence electrons. The Labute approximate surface area is 161 Å². The van der Waals surface area contributed by atoms with E-state index in [1.54, 1.807) is 11.3 Å². The van der Waals surface area contributed by atoms with Gasteiger partial charge >= 0.3 is 6.18 Å². The van der Waals surface area contributed by atoms with Gasteiger partial charge in [-0.1, -0.05) is 17.9 Å². The smallest absolute Gasteiger partial charge is 0.416 e. The van der Waals surface area contributed by atoms with Gasteiger partial charge < -0.3 is 15.6 Å². The summed E-state index contributed by atoms with van der Waals surface area (Å²) < 4.78 is 43.3. The van der Waals surface area contributed by atoms with Gasteiger partial charge in [0.15, 0.2) is 0 Å². The van der Waals surface area contributed by atoms with Gasteiger partial charge in [-0.25, -0.2) is 0 Å². The molecule has 0 aliphatic rings. The second kappa shape index (κ2) is 9.27. The maximum atomic E-state index is 12.6. The average Bonchev–Trinajstić information content (AvgIpc) is 3.07. The Hall–Kier alpha value is -2.01. The number of ether oxygens (including phenoxy) is 1. The molecule has 0 amide bonds. The normalized spacial score (nSPS) is 13.6. The number of aliphatic hydroxyl groups is 1. The maximum Gasteiger partial charge on any atom is 0.416 e. The minimum Gasteiger partial charge on any atom is -0.493 e. The van der Waals surface area contributed by atoms with E-state index in [1.807, 2.05) is 19.1 Å². The second-order valence-corrected chi connectivity index (χ2v) is 7.67. The molecule has 3 N–H and O–H groups in total. The van der Waals surface area contributed by atoms with Crippen molar-refractivity contribution in [2.75, 3.05) is 13.2 Å². The monoisotopic (exact) mass is 397 g/mol. The summed E-state index contributed by atoms with van der Waals surface area (Å²) in [6, 6.07) is 8.71. The minimum atomic E-state index is -4.38. The molecule has 1 heterocycles. The van der Waals surface area contributed by atoms with Crippen molar-refractivity contribution in [3.05, 3.63) is 51.7 Å². The first-order valence-corrected chi connectivity index (χ1v) is 9.29. The van der Waals surface area contributed by atoms with Crippen LogP contribution in [-0.2, 0) is 12.6 Å². The van der Waals surface area contributed by atoms with Crippen molar-refractivity contribution in [3.63, 3.8) is 0 Å². The van der Waals surface area contributed by atoms with Gasteiger partial charge in [-0.3, -0.25) is 0 Å². The molecule has 27 heavy (non-hydrogen) atoms. The fourth-order valence-electron chi connectivity index (χ4n) is 2.20. The Morgan fingerprint density at radius 3 is 2.70 bits per heavy atom. The van der Waals surface area contributed by atoms with Crippen molar-refractivity contribution in [3.8, 4) is 17.6 Å². The lowest BCUT2D eigenvalue weighted by Gasteiger charge is -2.20. The first kappa shape index (κ1) is 21.3. The molecule has 0 saturated heterocycles. The number of halogens is 3. The molecule has 0 aliphatic heterocycles. The van der Waals surface area contributed by atoms with Crippen LogP contribution in [0.5, 0.6) is 5.75 Å². The van der Waals surface area contributed by atoms with Crippen LogP contribution in [0.4, 0.5) is 13.2 Å². The van der Waals surface area contributed by atoms with E-state index >= 15 is 0 Å². The number of hydrogen-bond donors (Lipinski definition) is 2. The van der Waals surface area contributed by atoms with E-state index < -0.39 is 17.3 Å². The van der Waals surface area contributed by atoms with E-state index in [0.29, 0.717) is 12.8 Å². The zero-order chi connectivity index (χ0) is 19.9. The molecule has 3 nitrogen and oxygen atoms in total. The standard InChI is InChI=1S/C20H22F3NO2S/c1-19(24,14-25)11-10-18-9-8-17(27-18)7-2-3-12-26-16-6-4-5-15(13-16)20(21,22)23/h4-6,8-9,13,25H,3,10-12,14,24H2,1H3. The third kappa shape index (κ3) is 7.25. The molecule has 0 bridgehead atoms. The van der Waals surface area contributed by atoms with Crippen LogP contribution in [0.1, 0.15) is 35.1 Å².